The second-order valence-electron chi connectivity index (χ2n) is 4.07. The normalized spacial score (nSPS) is 12.9. The Labute approximate surface area is 94.1 Å². The van der Waals surface area contributed by atoms with Crippen molar-refractivity contribution in [2.24, 2.45) is 0 Å². The van der Waals surface area contributed by atoms with Crippen LogP contribution in [0.3, 0.4) is 0 Å². The molecule has 14 heavy (non-hydrogen) atoms. The van der Waals surface area contributed by atoms with Crippen molar-refractivity contribution in [3.63, 3.8) is 0 Å². The maximum atomic E-state index is 5.84. The number of para-hydroxylation sites is 1. The highest BCUT2D eigenvalue weighted by Gasteiger charge is 2.21. The molecule has 0 saturated carbocycles. The van der Waals surface area contributed by atoms with Crippen molar-refractivity contribution < 1.29 is 4.52 Å². The molecule has 0 aliphatic rings. The topological polar surface area (TPSA) is 9.23 Å². The number of hydrogen-bond acceptors (Lipinski definition) is 1. The van der Waals surface area contributed by atoms with Crippen molar-refractivity contribution in [2.45, 2.75) is 25.9 Å². The van der Waals surface area contributed by atoms with Crippen LogP contribution in [-0.2, 0) is 0 Å². The van der Waals surface area contributed by atoms with Crippen molar-refractivity contribution in [3.05, 3.63) is 30.3 Å². The third-order valence-corrected chi connectivity index (χ3v) is 4.30. The summed E-state index contributed by atoms with van der Waals surface area (Å²) in [6, 6.07) is 10.0. The van der Waals surface area contributed by atoms with Gasteiger partial charge in [0.25, 0.3) is 0 Å². The average molecular weight is 233 g/mol. The third-order valence-electron chi connectivity index (χ3n) is 1.93. The molecule has 80 valence electrons. The molecule has 1 unspecified atom stereocenters. The zero-order chi connectivity index (χ0) is 9.90. The van der Waals surface area contributed by atoms with Gasteiger partial charge in [-0.3, -0.25) is 0 Å². The van der Waals surface area contributed by atoms with Gasteiger partial charge in [-0.2, -0.15) is 0 Å². The van der Waals surface area contributed by atoms with Gasteiger partial charge in [0.15, 0.2) is 0 Å². The Hall–Kier alpha value is -0.260. The Morgan fingerprint density at radius 2 is 1.57 bits per heavy atom. The molecule has 0 aliphatic heterocycles. The van der Waals surface area contributed by atoms with Crippen molar-refractivity contribution in [1.82, 2.24) is 0 Å². The molecule has 0 spiro atoms. The quantitative estimate of drug-likeness (QED) is 0.691. The number of rotatable bonds is 2. The Morgan fingerprint density at radius 3 is 2.00 bits per heavy atom. The number of halogens is 1. The fourth-order valence-electron chi connectivity index (χ4n) is 0.776. The smallest absolute Gasteiger partial charge is 0.123 e. The molecule has 0 fully saturated rings. The van der Waals surface area contributed by atoms with Crippen LogP contribution in [0.25, 0.3) is 0 Å². The first-order valence-corrected chi connectivity index (χ1v) is 6.17. The summed E-state index contributed by atoms with van der Waals surface area (Å²) < 4.78 is 5.84. The maximum absolute atomic E-state index is 5.84. The molecule has 0 bridgehead atoms. The average Bonchev–Trinajstić information content (AvgIpc) is 2.04. The van der Waals surface area contributed by atoms with Gasteiger partial charge in [0, 0.05) is 5.16 Å². The summed E-state index contributed by atoms with van der Waals surface area (Å²) in [5.74, 6) is 0.978. The predicted octanol–water partition coefficient (Wildman–Crippen LogP) is 4.31. The van der Waals surface area contributed by atoms with E-state index in [1.54, 1.807) is 0 Å². The van der Waals surface area contributed by atoms with E-state index in [1.807, 2.05) is 30.3 Å². The van der Waals surface area contributed by atoms with Crippen LogP contribution in [0.4, 0.5) is 0 Å². The van der Waals surface area contributed by atoms with E-state index in [0.717, 1.165) is 5.75 Å². The van der Waals surface area contributed by atoms with E-state index < -0.39 is 8.15 Å². The van der Waals surface area contributed by atoms with Crippen LogP contribution in [0.15, 0.2) is 30.3 Å². The van der Waals surface area contributed by atoms with Crippen molar-refractivity contribution in [1.29, 1.82) is 0 Å². The summed E-state index contributed by atoms with van der Waals surface area (Å²) in [6.07, 6.45) is 0. The Kier molecular flexibility index (Phi) is 5.48. The molecule has 0 amide bonds. The molecule has 1 aromatic carbocycles. The molecule has 0 aliphatic carbocycles. The molecular formula is C11H18ClOP. The van der Waals surface area contributed by atoms with E-state index >= 15 is 0 Å². The van der Waals surface area contributed by atoms with Crippen molar-refractivity contribution in [3.8, 4) is 5.75 Å². The zero-order valence-corrected chi connectivity index (χ0v) is 10.9. The minimum atomic E-state index is -0.398. The van der Waals surface area contributed by atoms with Crippen LogP contribution in [0.2, 0.25) is 0 Å². The molecule has 1 rings (SSSR count). The van der Waals surface area contributed by atoms with Gasteiger partial charge in [-0.25, -0.2) is 0 Å². The minimum Gasteiger partial charge on any atom is -0.474 e. The van der Waals surface area contributed by atoms with Crippen LogP contribution < -0.4 is 4.52 Å². The summed E-state index contributed by atoms with van der Waals surface area (Å²) in [7, 11) is -0.398. The standard InChI is InChI=1S/C11H17OP.ClH/c1-11(2,3)13(4)12-10-8-6-5-7-9-10;/h5-9H,1-4H3;1H. The lowest BCUT2D eigenvalue weighted by Gasteiger charge is -2.27. The minimum absolute atomic E-state index is 0. The summed E-state index contributed by atoms with van der Waals surface area (Å²) in [5, 5.41) is 0.255. The summed E-state index contributed by atoms with van der Waals surface area (Å²) in [6.45, 7) is 8.80. The Morgan fingerprint density at radius 1 is 1.07 bits per heavy atom. The Bertz CT molecular complexity index is 256. The van der Waals surface area contributed by atoms with Gasteiger partial charge < -0.3 is 4.52 Å². The van der Waals surface area contributed by atoms with Gasteiger partial charge in [0.1, 0.15) is 5.75 Å². The second-order valence-corrected chi connectivity index (χ2v) is 6.59. The van der Waals surface area contributed by atoms with Crippen molar-refractivity contribution >= 4 is 20.6 Å². The highest BCUT2D eigenvalue weighted by Crippen LogP contribution is 2.46. The fourth-order valence-corrected chi connectivity index (χ4v) is 1.49. The summed E-state index contributed by atoms with van der Waals surface area (Å²) in [5.41, 5.74) is 0. The molecule has 0 saturated heterocycles. The third kappa shape index (κ3) is 4.30. The largest absolute Gasteiger partial charge is 0.474 e. The highest BCUT2D eigenvalue weighted by atomic mass is 35.5. The van der Waals surface area contributed by atoms with E-state index in [1.165, 1.54) is 0 Å². The van der Waals surface area contributed by atoms with E-state index in [2.05, 4.69) is 27.4 Å². The van der Waals surface area contributed by atoms with Crippen LogP contribution in [0.1, 0.15) is 20.8 Å². The van der Waals surface area contributed by atoms with E-state index in [-0.39, 0.29) is 17.6 Å². The maximum Gasteiger partial charge on any atom is 0.123 e. The van der Waals surface area contributed by atoms with Crippen LogP contribution in [0.5, 0.6) is 5.75 Å². The van der Waals surface area contributed by atoms with Crippen LogP contribution in [-0.4, -0.2) is 11.8 Å². The van der Waals surface area contributed by atoms with Gasteiger partial charge in [-0.1, -0.05) is 39.0 Å². The van der Waals surface area contributed by atoms with Gasteiger partial charge in [-0.15, -0.1) is 12.4 Å². The lowest BCUT2D eigenvalue weighted by Crippen LogP contribution is -2.13. The molecular weight excluding hydrogens is 215 g/mol. The monoisotopic (exact) mass is 232 g/mol. The molecule has 0 aromatic heterocycles. The number of benzene rings is 1. The molecule has 3 heteroatoms. The highest BCUT2D eigenvalue weighted by molar-refractivity contribution is 7.53. The lowest BCUT2D eigenvalue weighted by molar-refractivity contribution is 0.579. The van der Waals surface area contributed by atoms with E-state index in [0.29, 0.717) is 0 Å². The van der Waals surface area contributed by atoms with Gasteiger partial charge in [0.05, 0.1) is 8.15 Å². The second kappa shape index (κ2) is 5.58. The summed E-state index contributed by atoms with van der Waals surface area (Å²) >= 11 is 0. The van der Waals surface area contributed by atoms with Gasteiger partial charge in [-0.05, 0) is 18.8 Å². The predicted molar refractivity (Wildman–Crippen MR) is 66.9 cm³/mol. The summed E-state index contributed by atoms with van der Waals surface area (Å²) in [4.78, 5) is 0. The molecule has 1 nitrogen and oxygen atoms in total. The molecule has 1 aromatic rings. The first kappa shape index (κ1) is 13.7. The van der Waals surface area contributed by atoms with E-state index in [4.69, 9.17) is 4.52 Å². The Balaban J connectivity index is 0.00000169. The molecule has 0 radical (unpaired) electrons. The fraction of sp³-hybridized carbons (Fsp3) is 0.455. The van der Waals surface area contributed by atoms with Gasteiger partial charge in [0.2, 0.25) is 0 Å². The SMILES string of the molecule is CP(Oc1ccccc1)C(C)(C)C.Cl. The zero-order valence-electron chi connectivity index (χ0n) is 9.15. The molecule has 0 N–H and O–H groups in total. The van der Waals surface area contributed by atoms with Crippen molar-refractivity contribution in [2.75, 3.05) is 6.66 Å². The number of hydrogen-bond donors (Lipinski definition) is 0. The molecule has 0 heterocycles. The van der Waals surface area contributed by atoms with E-state index in [9.17, 15) is 0 Å². The first-order chi connectivity index (χ1) is 6.00. The van der Waals surface area contributed by atoms with Crippen LogP contribution in [0, 0.1) is 0 Å². The molecule has 1 atom stereocenters. The lowest BCUT2D eigenvalue weighted by atomic mass is 10.3. The van der Waals surface area contributed by atoms with Gasteiger partial charge >= 0.3 is 0 Å². The first-order valence-electron chi connectivity index (χ1n) is 4.47. The van der Waals surface area contributed by atoms with Crippen LogP contribution >= 0.6 is 20.6 Å².